The fraction of sp³-hybridized carbons (Fsp3) is 0.312. The topological polar surface area (TPSA) is 20.3 Å². The molecule has 0 bridgehead atoms. The molecule has 0 saturated carbocycles. The Kier molecular flexibility index (Phi) is 4.49. The van der Waals surface area contributed by atoms with Gasteiger partial charge in [0.15, 0.2) is 11.6 Å². The van der Waals surface area contributed by atoms with Crippen LogP contribution in [0.4, 0.5) is 8.78 Å². The average molecular weight is 339 g/mol. The fourth-order valence-electron chi connectivity index (χ4n) is 2.50. The summed E-state index contributed by atoms with van der Waals surface area (Å²) in [4.78, 5) is 16.3. The highest BCUT2D eigenvalue weighted by molar-refractivity contribution is 8.00. The minimum atomic E-state index is -0.884. The van der Waals surface area contributed by atoms with Crippen molar-refractivity contribution in [3.05, 3.63) is 51.7 Å². The highest BCUT2D eigenvalue weighted by Crippen LogP contribution is 2.29. The van der Waals surface area contributed by atoms with Crippen molar-refractivity contribution >= 4 is 29.0 Å². The summed E-state index contributed by atoms with van der Waals surface area (Å²) in [6, 6.07) is 5.79. The van der Waals surface area contributed by atoms with Crippen LogP contribution >= 0.6 is 23.1 Å². The molecule has 0 N–H and O–H groups in total. The average Bonchev–Trinajstić information content (AvgIpc) is 2.97. The van der Waals surface area contributed by atoms with Crippen LogP contribution in [0.2, 0.25) is 0 Å². The smallest absolute Gasteiger partial charge is 0.236 e. The van der Waals surface area contributed by atoms with Gasteiger partial charge in [0.05, 0.1) is 5.25 Å². The van der Waals surface area contributed by atoms with E-state index in [1.165, 1.54) is 28.3 Å². The van der Waals surface area contributed by atoms with E-state index in [1.54, 1.807) is 18.3 Å². The number of fused-ring (bicyclic) bond motifs is 1. The second-order valence-electron chi connectivity index (χ2n) is 5.21. The van der Waals surface area contributed by atoms with Crippen molar-refractivity contribution in [3.63, 3.8) is 0 Å². The SMILES string of the molecule is CC(Sc1ccc(F)c(F)c1)C(=O)N1CCc2sccc2C1. The van der Waals surface area contributed by atoms with Crippen LogP contribution in [0.25, 0.3) is 0 Å². The van der Waals surface area contributed by atoms with Crippen LogP contribution in [0.5, 0.6) is 0 Å². The normalized spacial score (nSPS) is 15.5. The number of hydrogen-bond donors (Lipinski definition) is 0. The maximum absolute atomic E-state index is 13.2. The van der Waals surface area contributed by atoms with E-state index in [4.69, 9.17) is 0 Å². The van der Waals surface area contributed by atoms with E-state index >= 15 is 0 Å². The number of amides is 1. The molecule has 1 amide bonds. The van der Waals surface area contributed by atoms with Gasteiger partial charge in [0, 0.05) is 22.9 Å². The molecule has 1 aliphatic rings. The quantitative estimate of drug-likeness (QED) is 0.785. The van der Waals surface area contributed by atoms with Gasteiger partial charge in [-0.3, -0.25) is 4.79 Å². The van der Waals surface area contributed by atoms with Crippen molar-refractivity contribution in [2.24, 2.45) is 0 Å². The van der Waals surface area contributed by atoms with E-state index in [0.29, 0.717) is 11.4 Å². The Morgan fingerprint density at radius 2 is 2.14 bits per heavy atom. The molecule has 1 aromatic heterocycles. The van der Waals surface area contributed by atoms with Crippen LogP contribution in [0.1, 0.15) is 17.4 Å². The molecule has 1 unspecified atom stereocenters. The number of carbonyl (C=O) groups is 1. The Hall–Kier alpha value is -1.40. The Balaban J connectivity index is 1.66. The van der Waals surface area contributed by atoms with Crippen LogP contribution in [0.15, 0.2) is 34.5 Å². The molecule has 2 nitrogen and oxygen atoms in total. The highest BCUT2D eigenvalue weighted by Gasteiger charge is 2.25. The van der Waals surface area contributed by atoms with Gasteiger partial charge in [-0.25, -0.2) is 8.78 Å². The lowest BCUT2D eigenvalue weighted by Crippen LogP contribution is -2.39. The molecule has 2 aromatic rings. The fourth-order valence-corrected chi connectivity index (χ4v) is 4.36. The van der Waals surface area contributed by atoms with Gasteiger partial charge in [0.25, 0.3) is 0 Å². The Morgan fingerprint density at radius 1 is 1.32 bits per heavy atom. The zero-order valence-electron chi connectivity index (χ0n) is 12.0. The first-order valence-electron chi connectivity index (χ1n) is 7.00. The Bertz CT molecular complexity index is 701. The molecule has 1 aromatic carbocycles. The van der Waals surface area contributed by atoms with E-state index < -0.39 is 11.6 Å². The number of halogens is 2. The third-order valence-corrected chi connectivity index (χ3v) is 5.78. The molecule has 0 spiro atoms. The molecule has 0 aliphatic carbocycles. The standard InChI is InChI=1S/C16H15F2NOS2/c1-10(22-12-2-3-13(17)14(18)8-12)16(20)19-6-4-15-11(9-19)5-7-21-15/h2-3,5,7-8,10H,4,6,9H2,1H3. The minimum absolute atomic E-state index is 0.0339. The summed E-state index contributed by atoms with van der Waals surface area (Å²) in [5.41, 5.74) is 1.22. The number of hydrogen-bond acceptors (Lipinski definition) is 3. The number of rotatable bonds is 3. The van der Waals surface area contributed by atoms with Gasteiger partial charge in [-0.15, -0.1) is 23.1 Å². The molecule has 1 aliphatic heterocycles. The Morgan fingerprint density at radius 3 is 2.91 bits per heavy atom. The van der Waals surface area contributed by atoms with E-state index in [-0.39, 0.29) is 11.2 Å². The Labute approximate surface area is 136 Å². The highest BCUT2D eigenvalue weighted by atomic mass is 32.2. The van der Waals surface area contributed by atoms with Crippen molar-refractivity contribution in [3.8, 4) is 0 Å². The first-order chi connectivity index (χ1) is 10.5. The molecule has 0 saturated heterocycles. The summed E-state index contributed by atoms with van der Waals surface area (Å²) in [6.07, 6.45) is 0.890. The number of carbonyl (C=O) groups excluding carboxylic acids is 1. The predicted octanol–water partition coefficient (Wildman–Crippen LogP) is 4.09. The largest absolute Gasteiger partial charge is 0.337 e. The second kappa shape index (κ2) is 6.38. The third kappa shape index (κ3) is 3.17. The second-order valence-corrected chi connectivity index (χ2v) is 7.63. The van der Waals surface area contributed by atoms with Crippen molar-refractivity contribution in [2.75, 3.05) is 6.54 Å². The lowest BCUT2D eigenvalue weighted by atomic mass is 10.1. The lowest BCUT2D eigenvalue weighted by Gasteiger charge is -2.29. The third-order valence-electron chi connectivity index (χ3n) is 3.67. The maximum atomic E-state index is 13.2. The summed E-state index contributed by atoms with van der Waals surface area (Å²) in [5, 5.41) is 1.73. The summed E-state index contributed by atoms with van der Waals surface area (Å²) >= 11 is 2.99. The van der Waals surface area contributed by atoms with Gasteiger partial charge in [-0.1, -0.05) is 0 Å². The molecular formula is C16H15F2NOS2. The molecule has 116 valence electrons. The van der Waals surface area contributed by atoms with Crippen LogP contribution in [-0.2, 0) is 17.8 Å². The zero-order chi connectivity index (χ0) is 15.7. The van der Waals surface area contributed by atoms with E-state index in [2.05, 4.69) is 11.4 Å². The van der Waals surface area contributed by atoms with Crippen LogP contribution in [0, 0.1) is 11.6 Å². The number of nitrogens with zero attached hydrogens (tertiary/aromatic N) is 1. The van der Waals surface area contributed by atoms with Crippen LogP contribution in [0.3, 0.4) is 0 Å². The number of thiophene rings is 1. The van der Waals surface area contributed by atoms with Gasteiger partial charge in [-0.2, -0.15) is 0 Å². The monoisotopic (exact) mass is 339 g/mol. The minimum Gasteiger partial charge on any atom is -0.337 e. The number of benzene rings is 1. The molecule has 0 radical (unpaired) electrons. The van der Waals surface area contributed by atoms with Gasteiger partial charge in [0.1, 0.15) is 0 Å². The summed E-state index contributed by atoms with van der Waals surface area (Å²) < 4.78 is 26.2. The van der Waals surface area contributed by atoms with E-state index in [1.807, 2.05) is 4.90 Å². The van der Waals surface area contributed by atoms with Gasteiger partial charge in [0.2, 0.25) is 5.91 Å². The summed E-state index contributed by atoms with van der Waals surface area (Å²) in [6.45, 7) is 3.16. The van der Waals surface area contributed by atoms with Gasteiger partial charge >= 0.3 is 0 Å². The molecule has 0 fully saturated rings. The van der Waals surface area contributed by atoms with E-state index in [9.17, 15) is 13.6 Å². The lowest BCUT2D eigenvalue weighted by molar-refractivity contribution is -0.131. The van der Waals surface area contributed by atoms with Gasteiger partial charge in [-0.05, 0) is 48.6 Å². The molecule has 3 rings (SSSR count). The molecule has 1 atom stereocenters. The van der Waals surface area contributed by atoms with Crippen LogP contribution in [-0.4, -0.2) is 22.6 Å². The first-order valence-corrected chi connectivity index (χ1v) is 8.76. The van der Waals surface area contributed by atoms with Gasteiger partial charge < -0.3 is 4.90 Å². The summed E-state index contributed by atoms with van der Waals surface area (Å²) in [5.74, 6) is -1.72. The first kappa shape index (κ1) is 15.5. The molecular weight excluding hydrogens is 324 g/mol. The van der Waals surface area contributed by atoms with Crippen molar-refractivity contribution in [2.45, 2.75) is 30.0 Å². The molecule has 2 heterocycles. The number of thioether (sulfide) groups is 1. The molecule has 22 heavy (non-hydrogen) atoms. The zero-order valence-corrected chi connectivity index (χ0v) is 13.6. The van der Waals surface area contributed by atoms with Crippen molar-refractivity contribution in [1.82, 2.24) is 4.90 Å². The summed E-state index contributed by atoms with van der Waals surface area (Å²) in [7, 11) is 0. The van der Waals surface area contributed by atoms with E-state index in [0.717, 1.165) is 25.1 Å². The predicted molar refractivity (Wildman–Crippen MR) is 85.1 cm³/mol. The van der Waals surface area contributed by atoms with Crippen molar-refractivity contribution < 1.29 is 13.6 Å². The molecule has 6 heteroatoms. The van der Waals surface area contributed by atoms with Crippen molar-refractivity contribution in [1.29, 1.82) is 0 Å². The maximum Gasteiger partial charge on any atom is 0.236 e. The van der Waals surface area contributed by atoms with Crippen LogP contribution < -0.4 is 0 Å².